The summed E-state index contributed by atoms with van der Waals surface area (Å²) in [6.07, 6.45) is 4.78. The minimum absolute atomic E-state index is 0.114. The van der Waals surface area contributed by atoms with Crippen molar-refractivity contribution in [2.24, 2.45) is 0 Å². The van der Waals surface area contributed by atoms with E-state index < -0.39 is 5.82 Å². The van der Waals surface area contributed by atoms with Crippen molar-refractivity contribution < 1.29 is 13.3 Å². The Hall–Kier alpha value is -3.27. The Morgan fingerprint density at radius 1 is 1.13 bits per heavy atom. The molecule has 0 unspecified atom stereocenters. The first-order valence-electron chi connectivity index (χ1n) is 9.34. The molecule has 0 atom stereocenters. The Morgan fingerprint density at radius 3 is 2.77 bits per heavy atom. The zero-order valence-corrected chi connectivity index (χ0v) is 16.4. The van der Waals surface area contributed by atoms with Gasteiger partial charge in [0.2, 0.25) is 0 Å². The highest BCUT2D eigenvalue weighted by Crippen LogP contribution is 2.34. The summed E-state index contributed by atoms with van der Waals surface area (Å²) in [7, 11) is 0. The van der Waals surface area contributed by atoms with Gasteiger partial charge >= 0.3 is 0 Å². The van der Waals surface area contributed by atoms with Gasteiger partial charge in [0.15, 0.2) is 17.5 Å². The van der Waals surface area contributed by atoms with Gasteiger partial charge in [-0.25, -0.2) is 18.7 Å². The van der Waals surface area contributed by atoms with Gasteiger partial charge in [-0.1, -0.05) is 23.4 Å². The lowest BCUT2D eigenvalue weighted by Gasteiger charge is -2.07. The Morgan fingerprint density at radius 2 is 2.00 bits per heavy atom. The van der Waals surface area contributed by atoms with Gasteiger partial charge in [0.05, 0.1) is 18.4 Å². The van der Waals surface area contributed by atoms with Crippen LogP contribution in [0.25, 0.3) is 22.9 Å². The number of rotatable bonds is 7. The van der Waals surface area contributed by atoms with E-state index in [1.165, 1.54) is 24.3 Å². The first-order valence-corrected chi connectivity index (χ1v) is 10.2. The quantitative estimate of drug-likeness (QED) is 0.434. The summed E-state index contributed by atoms with van der Waals surface area (Å²) in [6.45, 7) is 0.179. The number of anilines is 1. The van der Waals surface area contributed by atoms with Gasteiger partial charge in [-0.15, -0.1) is 0 Å². The molecule has 0 radical (unpaired) electrons. The Labute approximate surface area is 174 Å². The summed E-state index contributed by atoms with van der Waals surface area (Å²) in [5, 5.41) is 8.98. The van der Waals surface area contributed by atoms with E-state index >= 15 is 0 Å². The maximum atomic E-state index is 14.2. The zero-order valence-electron chi connectivity index (χ0n) is 15.6. The molecular weight excluding hydrogens is 410 g/mol. The van der Waals surface area contributed by atoms with Crippen LogP contribution in [0.3, 0.4) is 0 Å². The number of aromatic nitrogens is 5. The van der Waals surface area contributed by atoms with Gasteiger partial charge in [0.25, 0.3) is 0 Å². The van der Waals surface area contributed by atoms with E-state index in [0.29, 0.717) is 27.9 Å². The third-order valence-electron chi connectivity index (χ3n) is 4.58. The fraction of sp³-hybridized carbons (Fsp3) is 0.200. The average molecular weight is 426 g/mol. The Bertz CT molecular complexity index is 1180. The molecule has 4 aromatic rings. The monoisotopic (exact) mass is 426 g/mol. The summed E-state index contributed by atoms with van der Waals surface area (Å²) in [4.78, 5) is 8.37. The van der Waals surface area contributed by atoms with Crippen molar-refractivity contribution in [2.45, 2.75) is 24.6 Å². The topological polar surface area (TPSA) is 81.7 Å². The van der Waals surface area contributed by atoms with Gasteiger partial charge in [0.1, 0.15) is 23.5 Å². The molecule has 0 saturated heterocycles. The number of nitrogens with zero attached hydrogens (tertiary/aromatic N) is 5. The predicted octanol–water partition coefficient (Wildman–Crippen LogP) is 4.54. The molecule has 1 aromatic carbocycles. The number of benzene rings is 1. The summed E-state index contributed by atoms with van der Waals surface area (Å²) < 4.78 is 37.8. The molecule has 152 valence electrons. The van der Waals surface area contributed by atoms with Crippen molar-refractivity contribution in [2.75, 3.05) is 4.72 Å². The second-order valence-corrected chi connectivity index (χ2v) is 7.96. The van der Waals surface area contributed by atoms with Crippen LogP contribution < -0.4 is 4.72 Å². The zero-order chi connectivity index (χ0) is 20.5. The van der Waals surface area contributed by atoms with Gasteiger partial charge in [-0.05, 0) is 36.9 Å². The SMILES string of the molecule is Fc1ccccc1Cn1nc(-c2ncc(F)c(NSC3CC3)n2)cc1-c1ccon1. The molecule has 3 aromatic heterocycles. The lowest BCUT2D eigenvalue weighted by molar-refractivity contribution is 0.421. The van der Waals surface area contributed by atoms with Crippen LogP contribution in [0, 0.1) is 11.6 Å². The molecule has 1 N–H and O–H groups in total. The first kappa shape index (κ1) is 18.7. The minimum Gasteiger partial charge on any atom is -0.364 e. The van der Waals surface area contributed by atoms with Crippen molar-refractivity contribution in [3.63, 3.8) is 0 Å². The van der Waals surface area contributed by atoms with Crippen LogP contribution in [0.1, 0.15) is 18.4 Å². The third-order valence-corrected chi connectivity index (χ3v) is 5.69. The molecule has 0 aliphatic heterocycles. The van der Waals surface area contributed by atoms with E-state index in [1.54, 1.807) is 35.0 Å². The average Bonchev–Trinajstić information content (AvgIpc) is 3.24. The molecule has 1 fully saturated rings. The fourth-order valence-electron chi connectivity index (χ4n) is 2.87. The fourth-order valence-corrected chi connectivity index (χ4v) is 3.67. The minimum atomic E-state index is -0.533. The highest BCUT2D eigenvalue weighted by atomic mass is 32.2. The van der Waals surface area contributed by atoms with Crippen LogP contribution in [0.15, 0.2) is 53.4 Å². The highest BCUT2D eigenvalue weighted by molar-refractivity contribution is 8.01. The van der Waals surface area contributed by atoms with Gasteiger partial charge < -0.3 is 9.25 Å². The molecule has 1 aliphatic carbocycles. The molecule has 0 bridgehead atoms. The Kier molecular flexibility index (Phi) is 4.91. The van der Waals surface area contributed by atoms with Crippen molar-refractivity contribution >= 4 is 17.8 Å². The molecular formula is C20H16F2N6OS. The normalized spacial score (nSPS) is 13.5. The highest BCUT2D eigenvalue weighted by Gasteiger charge is 2.23. The van der Waals surface area contributed by atoms with Gasteiger partial charge in [0, 0.05) is 16.9 Å². The van der Waals surface area contributed by atoms with Crippen LogP contribution in [0.4, 0.5) is 14.6 Å². The largest absolute Gasteiger partial charge is 0.364 e. The molecule has 5 rings (SSSR count). The molecule has 0 amide bonds. The van der Waals surface area contributed by atoms with E-state index in [-0.39, 0.29) is 24.0 Å². The van der Waals surface area contributed by atoms with Crippen LogP contribution in [-0.2, 0) is 6.54 Å². The maximum absolute atomic E-state index is 14.2. The summed E-state index contributed by atoms with van der Waals surface area (Å²) in [5.74, 6) is -0.493. The maximum Gasteiger partial charge on any atom is 0.184 e. The first-order chi connectivity index (χ1) is 14.7. The lowest BCUT2D eigenvalue weighted by Crippen LogP contribution is -2.06. The number of hydrogen-bond donors (Lipinski definition) is 1. The van der Waals surface area contributed by atoms with Gasteiger partial charge in [-0.3, -0.25) is 4.68 Å². The van der Waals surface area contributed by atoms with E-state index in [4.69, 9.17) is 4.52 Å². The smallest absolute Gasteiger partial charge is 0.184 e. The molecule has 7 nitrogen and oxygen atoms in total. The Balaban J connectivity index is 1.51. The van der Waals surface area contributed by atoms with Crippen molar-refractivity contribution in [3.8, 4) is 22.9 Å². The summed E-state index contributed by atoms with van der Waals surface area (Å²) in [6, 6.07) is 9.89. The van der Waals surface area contributed by atoms with E-state index in [1.807, 2.05) is 0 Å². The van der Waals surface area contributed by atoms with Gasteiger partial charge in [-0.2, -0.15) is 5.10 Å². The molecule has 1 aliphatic rings. The number of halogens is 2. The second-order valence-electron chi connectivity index (χ2n) is 6.86. The van der Waals surface area contributed by atoms with Crippen LogP contribution in [0.5, 0.6) is 0 Å². The van der Waals surface area contributed by atoms with E-state index in [9.17, 15) is 8.78 Å². The predicted molar refractivity (Wildman–Crippen MR) is 108 cm³/mol. The number of nitrogens with one attached hydrogen (secondary N) is 1. The second kappa shape index (κ2) is 7.86. The lowest BCUT2D eigenvalue weighted by atomic mass is 10.2. The van der Waals surface area contributed by atoms with Crippen molar-refractivity contribution in [1.29, 1.82) is 0 Å². The summed E-state index contributed by atoms with van der Waals surface area (Å²) >= 11 is 1.45. The standard InChI is InChI=1S/C20H16F2N6OS/c21-14-4-2-1-3-12(14)11-28-18(16-7-8-29-26-16)9-17(25-28)20-23-10-15(22)19(24-20)27-30-13-5-6-13/h1-4,7-10,13H,5-6,11H2,(H,23,24,27). The number of hydrogen-bond acceptors (Lipinski definition) is 7. The van der Waals surface area contributed by atoms with Crippen LogP contribution in [0.2, 0.25) is 0 Å². The molecule has 0 spiro atoms. The third kappa shape index (κ3) is 3.90. The van der Waals surface area contributed by atoms with E-state index in [0.717, 1.165) is 19.0 Å². The van der Waals surface area contributed by atoms with Crippen LogP contribution >= 0.6 is 11.9 Å². The van der Waals surface area contributed by atoms with E-state index in [2.05, 4.69) is 24.9 Å². The summed E-state index contributed by atoms with van der Waals surface area (Å²) in [5.41, 5.74) is 2.04. The van der Waals surface area contributed by atoms with Crippen molar-refractivity contribution in [1.82, 2.24) is 24.9 Å². The van der Waals surface area contributed by atoms with Crippen molar-refractivity contribution in [3.05, 3.63) is 66.1 Å². The van der Waals surface area contributed by atoms with Crippen LogP contribution in [-0.4, -0.2) is 30.2 Å². The molecule has 30 heavy (non-hydrogen) atoms. The molecule has 3 heterocycles. The molecule has 10 heteroatoms. The molecule has 1 saturated carbocycles.